The summed E-state index contributed by atoms with van der Waals surface area (Å²) in [5.41, 5.74) is 14.1. The Morgan fingerprint density at radius 1 is 1.04 bits per heavy atom. The SMILES string of the molecule is N#Cc1c(N)cc(Nc2ccc(/C=C/C(N)=O)cc2)nc1Nc1ccccc1. The van der Waals surface area contributed by atoms with E-state index in [1.165, 1.54) is 6.08 Å². The van der Waals surface area contributed by atoms with Crippen LogP contribution in [0.15, 0.2) is 66.7 Å². The van der Waals surface area contributed by atoms with Crippen LogP contribution in [0.3, 0.4) is 0 Å². The summed E-state index contributed by atoms with van der Waals surface area (Å²) >= 11 is 0. The summed E-state index contributed by atoms with van der Waals surface area (Å²) in [6.45, 7) is 0. The highest BCUT2D eigenvalue weighted by Crippen LogP contribution is 2.27. The maximum Gasteiger partial charge on any atom is 0.241 e. The monoisotopic (exact) mass is 370 g/mol. The second-order valence-corrected chi connectivity index (χ2v) is 5.91. The van der Waals surface area contributed by atoms with E-state index in [2.05, 4.69) is 21.7 Å². The average molecular weight is 370 g/mol. The Bertz CT molecular complexity index is 1050. The van der Waals surface area contributed by atoms with Crippen molar-refractivity contribution in [1.29, 1.82) is 5.26 Å². The highest BCUT2D eigenvalue weighted by molar-refractivity contribution is 5.90. The van der Waals surface area contributed by atoms with E-state index < -0.39 is 5.91 Å². The first-order valence-electron chi connectivity index (χ1n) is 8.42. The van der Waals surface area contributed by atoms with Crippen LogP contribution in [-0.2, 0) is 4.79 Å². The summed E-state index contributed by atoms with van der Waals surface area (Å²) in [6, 6.07) is 20.4. The molecule has 0 aliphatic heterocycles. The second-order valence-electron chi connectivity index (χ2n) is 5.91. The number of nitrogen functional groups attached to an aromatic ring is 1. The molecule has 2 aromatic carbocycles. The normalized spacial score (nSPS) is 10.4. The molecule has 3 rings (SSSR count). The van der Waals surface area contributed by atoms with Gasteiger partial charge >= 0.3 is 0 Å². The third-order valence-electron chi connectivity index (χ3n) is 3.82. The fourth-order valence-corrected chi connectivity index (χ4v) is 2.50. The van der Waals surface area contributed by atoms with E-state index in [1.807, 2.05) is 54.6 Å². The Kier molecular flexibility index (Phi) is 5.53. The zero-order valence-corrected chi connectivity index (χ0v) is 14.9. The minimum Gasteiger partial charge on any atom is -0.397 e. The number of nitriles is 1. The van der Waals surface area contributed by atoms with Gasteiger partial charge in [0, 0.05) is 23.5 Å². The predicted octanol–water partition coefficient (Wildman–Crippen LogP) is 3.52. The zero-order valence-electron chi connectivity index (χ0n) is 14.9. The number of carbonyl (C=O) groups excluding carboxylic acids is 1. The fourth-order valence-electron chi connectivity index (χ4n) is 2.50. The molecule has 0 aliphatic rings. The van der Waals surface area contributed by atoms with Crippen LogP contribution in [0.5, 0.6) is 0 Å². The third-order valence-corrected chi connectivity index (χ3v) is 3.82. The number of nitrogens with one attached hydrogen (secondary N) is 2. The van der Waals surface area contributed by atoms with E-state index in [-0.39, 0.29) is 5.56 Å². The number of nitrogens with two attached hydrogens (primary N) is 2. The molecular weight excluding hydrogens is 352 g/mol. The number of rotatable bonds is 6. The number of amides is 1. The van der Waals surface area contributed by atoms with E-state index in [9.17, 15) is 10.1 Å². The van der Waals surface area contributed by atoms with Gasteiger partial charge in [0.05, 0.1) is 5.69 Å². The van der Waals surface area contributed by atoms with E-state index in [1.54, 1.807) is 12.1 Å². The summed E-state index contributed by atoms with van der Waals surface area (Å²) in [7, 11) is 0. The largest absolute Gasteiger partial charge is 0.397 e. The van der Waals surface area contributed by atoms with E-state index >= 15 is 0 Å². The molecule has 7 nitrogen and oxygen atoms in total. The Labute approximate surface area is 162 Å². The molecule has 1 heterocycles. The number of para-hydroxylation sites is 1. The molecule has 0 radical (unpaired) electrons. The second kappa shape index (κ2) is 8.38. The average Bonchev–Trinajstić information content (AvgIpc) is 2.68. The topological polar surface area (TPSA) is 130 Å². The van der Waals surface area contributed by atoms with Crippen molar-refractivity contribution in [2.75, 3.05) is 16.4 Å². The van der Waals surface area contributed by atoms with Crippen molar-refractivity contribution in [2.24, 2.45) is 5.73 Å². The molecule has 0 saturated carbocycles. The van der Waals surface area contributed by atoms with Gasteiger partial charge in [-0.3, -0.25) is 4.79 Å². The zero-order chi connectivity index (χ0) is 19.9. The van der Waals surface area contributed by atoms with Gasteiger partial charge < -0.3 is 22.1 Å². The number of primary amides is 1. The summed E-state index contributed by atoms with van der Waals surface area (Å²) in [5.74, 6) is 0.366. The van der Waals surface area contributed by atoms with Gasteiger partial charge in [-0.2, -0.15) is 5.26 Å². The van der Waals surface area contributed by atoms with Crippen molar-refractivity contribution < 1.29 is 4.79 Å². The number of carbonyl (C=O) groups is 1. The Hall–Kier alpha value is -4.31. The molecule has 3 aromatic rings. The number of hydrogen-bond donors (Lipinski definition) is 4. The van der Waals surface area contributed by atoms with Gasteiger partial charge in [0.1, 0.15) is 17.5 Å². The van der Waals surface area contributed by atoms with Crippen LogP contribution in [0.1, 0.15) is 11.1 Å². The molecule has 28 heavy (non-hydrogen) atoms. The van der Waals surface area contributed by atoms with Crippen LogP contribution in [0.25, 0.3) is 6.08 Å². The number of benzene rings is 2. The lowest BCUT2D eigenvalue weighted by Crippen LogP contribution is -2.05. The lowest BCUT2D eigenvalue weighted by atomic mass is 10.2. The van der Waals surface area contributed by atoms with E-state index in [0.29, 0.717) is 17.3 Å². The summed E-state index contributed by atoms with van der Waals surface area (Å²) in [6.07, 6.45) is 2.93. The van der Waals surface area contributed by atoms with Gasteiger partial charge in [-0.1, -0.05) is 30.3 Å². The van der Waals surface area contributed by atoms with Crippen LogP contribution >= 0.6 is 0 Å². The van der Waals surface area contributed by atoms with E-state index in [0.717, 1.165) is 16.9 Å². The number of anilines is 5. The number of hydrogen-bond acceptors (Lipinski definition) is 6. The maximum absolute atomic E-state index is 10.8. The fraction of sp³-hybridized carbons (Fsp3) is 0. The minimum absolute atomic E-state index is 0.279. The van der Waals surface area contributed by atoms with Crippen LogP contribution in [0, 0.1) is 11.3 Å². The van der Waals surface area contributed by atoms with Gasteiger partial charge in [-0.05, 0) is 35.9 Å². The first-order valence-corrected chi connectivity index (χ1v) is 8.42. The summed E-state index contributed by atoms with van der Waals surface area (Å²) in [5, 5.41) is 15.7. The molecule has 0 fully saturated rings. The van der Waals surface area contributed by atoms with Crippen molar-refractivity contribution in [3.8, 4) is 6.07 Å². The van der Waals surface area contributed by atoms with Crippen LogP contribution in [0.4, 0.5) is 28.7 Å². The van der Waals surface area contributed by atoms with Gasteiger partial charge in [-0.25, -0.2) is 4.98 Å². The first-order chi connectivity index (χ1) is 13.5. The highest BCUT2D eigenvalue weighted by atomic mass is 16.1. The van der Waals surface area contributed by atoms with Crippen molar-refractivity contribution in [3.05, 3.63) is 77.9 Å². The Morgan fingerprint density at radius 2 is 1.71 bits per heavy atom. The molecule has 0 aliphatic carbocycles. The molecular formula is C21H18N6O. The maximum atomic E-state index is 10.8. The highest BCUT2D eigenvalue weighted by Gasteiger charge is 2.11. The van der Waals surface area contributed by atoms with Gasteiger partial charge in [0.2, 0.25) is 5.91 Å². The standard InChI is InChI=1S/C21H18N6O/c22-13-17-18(23)12-20(27-21(17)26-15-4-2-1-3-5-15)25-16-9-6-14(7-10-16)8-11-19(24)28/h1-12H,(H2,24,28)(H4,23,25,26,27)/b11-8+. The molecule has 0 spiro atoms. The van der Waals surface area contributed by atoms with Gasteiger partial charge in [-0.15, -0.1) is 0 Å². The molecule has 6 N–H and O–H groups in total. The van der Waals surface area contributed by atoms with Crippen molar-refractivity contribution >= 4 is 40.7 Å². The molecule has 1 amide bonds. The number of aromatic nitrogens is 1. The minimum atomic E-state index is -0.502. The molecule has 0 unspecified atom stereocenters. The molecule has 7 heteroatoms. The molecule has 0 bridgehead atoms. The van der Waals surface area contributed by atoms with Gasteiger partial charge in [0.15, 0.2) is 5.82 Å². The van der Waals surface area contributed by atoms with Crippen molar-refractivity contribution in [2.45, 2.75) is 0 Å². The Morgan fingerprint density at radius 3 is 2.36 bits per heavy atom. The van der Waals surface area contributed by atoms with Crippen LogP contribution < -0.4 is 22.1 Å². The summed E-state index contributed by atoms with van der Waals surface area (Å²) in [4.78, 5) is 15.3. The summed E-state index contributed by atoms with van der Waals surface area (Å²) < 4.78 is 0. The van der Waals surface area contributed by atoms with Crippen LogP contribution in [-0.4, -0.2) is 10.9 Å². The molecule has 0 saturated heterocycles. The number of nitrogens with zero attached hydrogens (tertiary/aromatic N) is 2. The van der Waals surface area contributed by atoms with Gasteiger partial charge in [0.25, 0.3) is 0 Å². The quantitative estimate of drug-likeness (QED) is 0.491. The Balaban J connectivity index is 1.84. The molecule has 138 valence electrons. The smallest absolute Gasteiger partial charge is 0.241 e. The van der Waals surface area contributed by atoms with Crippen molar-refractivity contribution in [3.63, 3.8) is 0 Å². The predicted molar refractivity (Wildman–Crippen MR) is 111 cm³/mol. The lowest BCUT2D eigenvalue weighted by molar-refractivity contribution is -0.113. The third kappa shape index (κ3) is 4.65. The van der Waals surface area contributed by atoms with Crippen molar-refractivity contribution in [1.82, 2.24) is 4.98 Å². The molecule has 1 aromatic heterocycles. The van der Waals surface area contributed by atoms with Crippen LogP contribution in [0.2, 0.25) is 0 Å². The first kappa shape index (κ1) is 18.5. The lowest BCUT2D eigenvalue weighted by Gasteiger charge is -2.13. The molecule has 0 atom stereocenters. The number of pyridine rings is 1. The van der Waals surface area contributed by atoms with E-state index in [4.69, 9.17) is 11.5 Å².